The van der Waals surface area contributed by atoms with Gasteiger partial charge in [0.15, 0.2) is 0 Å². The molecule has 98 valence electrons. The fourth-order valence-corrected chi connectivity index (χ4v) is 1.66. The number of hydrogen-bond acceptors (Lipinski definition) is 2. The van der Waals surface area contributed by atoms with Crippen LogP contribution in [0.2, 0.25) is 0 Å². The van der Waals surface area contributed by atoms with E-state index >= 15 is 0 Å². The summed E-state index contributed by atoms with van der Waals surface area (Å²) in [6.07, 6.45) is 0.583. The van der Waals surface area contributed by atoms with E-state index < -0.39 is 11.4 Å². The molecule has 1 amide bonds. The number of carboxylic acid groups (broad SMARTS) is 1. The van der Waals surface area contributed by atoms with Gasteiger partial charge in [0.2, 0.25) is 5.91 Å². The summed E-state index contributed by atoms with van der Waals surface area (Å²) in [5, 5.41) is 11.5. The Morgan fingerprint density at radius 2 is 1.83 bits per heavy atom. The molecule has 1 aromatic rings. The highest BCUT2D eigenvalue weighted by Crippen LogP contribution is 2.20. The predicted molar refractivity (Wildman–Crippen MR) is 69.2 cm³/mol. The molecular weight excluding hydrogens is 230 g/mol. The first-order valence-electron chi connectivity index (χ1n) is 5.96. The average Bonchev–Trinajstić information content (AvgIpc) is 2.28. The zero-order chi connectivity index (χ0) is 13.6. The number of rotatable bonds is 6. The fraction of sp³-hybridized carbons (Fsp3) is 0.429. The van der Waals surface area contributed by atoms with E-state index in [0.29, 0.717) is 6.54 Å². The number of nitrogens with one attached hydrogen (secondary N) is 1. The van der Waals surface area contributed by atoms with Crippen LogP contribution < -0.4 is 5.32 Å². The van der Waals surface area contributed by atoms with Crippen LogP contribution in [-0.2, 0) is 16.0 Å². The molecule has 0 aromatic heterocycles. The van der Waals surface area contributed by atoms with Gasteiger partial charge < -0.3 is 10.4 Å². The van der Waals surface area contributed by atoms with Crippen molar-refractivity contribution >= 4 is 11.9 Å². The highest BCUT2D eigenvalue weighted by molar-refractivity contribution is 5.86. The minimum Gasteiger partial charge on any atom is -0.481 e. The summed E-state index contributed by atoms with van der Waals surface area (Å²) in [5.41, 5.74) is 0.275. The number of amides is 1. The molecule has 0 saturated heterocycles. The van der Waals surface area contributed by atoms with Crippen LogP contribution in [0.1, 0.15) is 25.8 Å². The zero-order valence-corrected chi connectivity index (χ0v) is 10.8. The Bertz CT molecular complexity index is 412. The highest BCUT2D eigenvalue weighted by atomic mass is 16.4. The van der Waals surface area contributed by atoms with Gasteiger partial charge in [-0.25, -0.2) is 0 Å². The molecule has 4 heteroatoms. The van der Waals surface area contributed by atoms with E-state index in [0.717, 1.165) is 12.0 Å². The van der Waals surface area contributed by atoms with Crippen LogP contribution in [-0.4, -0.2) is 23.5 Å². The van der Waals surface area contributed by atoms with Gasteiger partial charge in [0, 0.05) is 6.54 Å². The minimum atomic E-state index is -0.960. The predicted octanol–water partition coefficient (Wildman–Crippen LogP) is 1.85. The Morgan fingerprint density at radius 3 is 2.39 bits per heavy atom. The Morgan fingerprint density at radius 1 is 1.22 bits per heavy atom. The van der Waals surface area contributed by atoms with Crippen LogP contribution in [0.3, 0.4) is 0 Å². The number of aliphatic carboxylic acids is 1. The van der Waals surface area contributed by atoms with Crippen LogP contribution in [0.4, 0.5) is 0 Å². The largest absolute Gasteiger partial charge is 0.481 e. The summed E-state index contributed by atoms with van der Waals surface area (Å²) in [6.45, 7) is 3.80. The molecule has 18 heavy (non-hydrogen) atoms. The molecule has 0 atom stereocenters. The lowest BCUT2D eigenvalue weighted by molar-refractivity contribution is -0.144. The molecule has 2 N–H and O–H groups in total. The molecule has 0 fully saturated rings. The van der Waals surface area contributed by atoms with E-state index in [2.05, 4.69) is 5.32 Å². The van der Waals surface area contributed by atoms with Crippen molar-refractivity contribution in [3.8, 4) is 0 Å². The smallest absolute Gasteiger partial charge is 0.304 e. The lowest BCUT2D eigenvalue weighted by Gasteiger charge is -2.21. The Kier molecular flexibility index (Phi) is 4.89. The first-order chi connectivity index (χ1) is 8.42. The quantitative estimate of drug-likeness (QED) is 0.808. The molecule has 1 aromatic carbocycles. The lowest BCUT2D eigenvalue weighted by atomic mass is 9.88. The standard InChI is InChI=1S/C14H19NO3/c1-14(2,10-12(16)17)13(18)15-9-8-11-6-4-3-5-7-11/h3-7H,8-10H2,1-2H3,(H,15,18)(H,16,17). The number of benzene rings is 1. The second-order valence-electron chi connectivity index (χ2n) is 4.95. The van der Waals surface area contributed by atoms with Crippen LogP contribution in [0.5, 0.6) is 0 Å². The third-order valence-corrected chi connectivity index (χ3v) is 2.75. The van der Waals surface area contributed by atoms with Crippen molar-refractivity contribution in [2.45, 2.75) is 26.7 Å². The molecular formula is C14H19NO3. The van der Waals surface area contributed by atoms with Gasteiger partial charge in [-0.05, 0) is 12.0 Å². The Hall–Kier alpha value is -1.84. The van der Waals surface area contributed by atoms with Gasteiger partial charge in [-0.15, -0.1) is 0 Å². The summed E-state index contributed by atoms with van der Waals surface area (Å²) in [5.74, 6) is -1.18. The van der Waals surface area contributed by atoms with Crippen LogP contribution in [0, 0.1) is 5.41 Å². The SMILES string of the molecule is CC(C)(CC(=O)O)C(=O)NCCc1ccccc1. The minimum absolute atomic E-state index is 0.163. The highest BCUT2D eigenvalue weighted by Gasteiger charge is 2.29. The Labute approximate surface area is 107 Å². The van der Waals surface area contributed by atoms with Crippen LogP contribution in [0.25, 0.3) is 0 Å². The summed E-state index contributed by atoms with van der Waals surface area (Å²) in [6, 6.07) is 9.83. The second-order valence-corrected chi connectivity index (χ2v) is 4.95. The molecule has 0 aliphatic rings. The van der Waals surface area contributed by atoms with Gasteiger partial charge in [0.1, 0.15) is 0 Å². The Balaban J connectivity index is 2.39. The molecule has 0 aliphatic heterocycles. The number of carboxylic acids is 1. The third kappa shape index (κ3) is 4.57. The molecule has 1 rings (SSSR count). The van der Waals surface area contributed by atoms with E-state index in [9.17, 15) is 9.59 Å². The van der Waals surface area contributed by atoms with Crippen molar-refractivity contribution in [2.75, 3.05) is 6.54 Å². The van der Waals surface area contributed by atoms with Crippen LogP contribution in [0.15, 0.2) is 30.3 Å². The molecule has 0 unspecified atom stereocenters. The molecule has 0 bridgehead atoms. The van der Waals surface area contributed by atoms with E-state index in [1.54, 1.807) is 13.8 Å². The van der Waals surface area contributed by atoms with Crippen molar-refractivity contribution in [2.24, 2.45) is 5.41 Å². The molecule has 0 saturated carbocycles. The maximum Gasteiger partial charge on any atom is 0.304 e. The van der Waals surface area contributed by atoms with Crippen molar-refractivity contribution in [3.63, 3.8) is 0 Å². The van der Waals surface area contributed by atoms with E-state index in [-0.39, 0.29) is 12.3 Å². The topological polar surface area (TPSA) is 66.4 Å². The van der Waals surface area contributed by atoms with E-state index in [1.807, 2.05) is 30.3 Å². The maximum atomic E-state index is 11.8. The summed E-state index contributed by atoms with van der Waals surface area (Å²) >= 11 is 0. The van der Waals surface area contributed by atoms with Crippen molar-refractivity contribution < 1.29 is 14.7 Å². The second kappa shape index (κ2) is 6.19. The van der Waals surface area contributed by atoms with Crippen molar-refractivity contribution in [3.05, 3.63) is 35.9 Å². The molecule has 4 nitrogen and oxygen atoms in total. The normalized spacial score (nSPS) is 11.0. The number of carbonyl (C=O) groups is 2. The average molecular weight is 249 g/mol. The summed E-state index contributed by atoms with van der Waals surface area (Å²) < 4.78 is 0. The third-order valence-electron chi connectivity index (χ3n) is 2.75. The van der Waals surface area contributed by atoms with E-state index in [4.69, 9.17) is 5.11 Å². The van der Waals surface area contributed by atoms with E-state index in [1.165, 1.54) is 0 Å². The van der Waals surface area contributed by atoms with Crippen molar-refractivity contribution in [1.29, 1.82) is 0 Å². The van der Waals surface area contributed by atoms with Gasteiger partial charge >= 0.3 is 5.97 Å². The van der Waals surface area contributed by atoms with Gasteiger partial charge in [0.25, 0.3) is 0 Å². The lowest BCUT2D eigenvalue weighted by Crippen LogP contribution is -2.39. The number of hydrogen-bond donors (Lipinski definition) is 2. The molecule has 0 heterocycles. The van der Waals surface area contributed by atoms with Gasteiger partial charge in [0.05, 0.1) is 11.8 Å². The van der Waals surface area contributed by atoms with Gasteiger partial charge in [-0.1, -0.05) is 44.2 Å². The summed E-state index contributed by atoms with van der Waals surface area (Å²) in [7, 11) is 0. The van der Waals surface area contributed by atoms with Crippen LogP contribution >= 0.6 is 0 Å². The van der Waals surface area contributed by atoms with Crippen molar-refractivity contribution in [1.82, 2.24) is 5.32 Å². The van der Waals surface area contributed by atoms with Gasteiger partial charge in [-0.2, -0.15) is 0 Å². The summed E-state index contributed by atoms with van der Waals surface area (Å²) in [4.78, 5) is 22.5. The zero-order valence-electron chi connectivity index (χ0n) is 10.8. The molecule has 0 spiro atoms. The fourth-order valence-electron chi connectivity index (χ4n) is 1.66. The maximum absolute atomic E-state index is 11.8. The van der Waals surface area contributed by atoms with Gasteiger partial charge in [-0.3, -0.25) is 9.59 Å². The first kappa shape index (κ1) is 14.2. The first-order valence-corrected chi connectivity index (χ1v) is 5.96. The molecule has 0 radical (unpaired) electrons. The number of carbonyl (C=O) groups excluding carboxylic acids is 1. The monoisotopic (exact) mass is 249 g/mol. The molecule has 0 aliphatic carbocycles.